The van der Waals surface area contributed by atoms with Crippen LogP contribution in [0.5, 0.6) is 0 Å². The smallest absolute Gasteiger partial charge is 0.293 e. The number of nitrogens with zero attached hydrogens (tertiary/aromatic N) is 5. The van der Waals surface area contributed by atoms with Gasteiger partial charge in [-0.3, -0.25) is 4.79 Å². The fourth-order valence-corrected chi connectivity index (χ4v) is 3.64. The molecule has 4 heterocycles. The average molecular weight is 315 g/mol. The Morgan fingerprint density at radius 3 is 2.96 bits per heavy atom. The molecule has 0 saturated carbocycles. The molecule has 0 aliphatic carbocycles. The molecule has 0 N–H and O–H groups in total. The van der Waals surface area contributed by atoms with E-state index in [0.717, 1.165) is 56.1 Å². The summed E-state index contributed by atoms with van der Waals surface area (Å²) in [6.45, 7) is 3.50. The normalized spacial score (nSPS) is 21.3. The van der Waals surface area contributed by atoms with Crippen molar-refractivity contribution in [3.05, 3.63) is 29.2 Å². The number of hydrogen-bond donors (Lipinski definition) is 0. The molecule has 1 atom stereocenters. The lowest BCUT2D eigenvalue weighted by Gasteiger charge is -2.23. The highest BCUT2D eigenvalue weighted by Crippen LogP contribution is 2.33. The van der Waals surface area contributed by atoms with Crippen molar-refractivity contribution in [1.82, 2.24) is 24.8 Å². The van der Waals surface area contributed by atoms with Crippen LogP contribution in [0.2, 0.25) is 0 Å². The molecule has 2 aromatic rings. The van der Waals surface area contributed by atoms with Gasteiger partial charge in [-0.2, -0.15) is 0 Å². The van der Waals surface area contributed by atoms with Crippen molar-refractivity contribution in [3.63, 3.8) is 0 Å². The van der Waals surface area contributed by atoms with Gasteiger partial charge in [0.25, 0.3) is 5.91 Å². The lowest BCUT2D eigenvalue weighted by atomic mass is 10.2. The van der Waals surface area contributed by atoms with Gasteiger partial charge in [0, 0.05) is 25.6 Å². The fourth-order valence-electron chi connectivity index (χ4n) is 3.64. The first-order chi connectivity index (χ1) is 11.2. The highest BCUT2D eigenvalue weighted by Gasteiger charge is 2.36. The quantitative estimate of drug-likeness (QED) is 0.849. The molecular weight excluding hydrogens is 294 g/mol. The van der Waals surface area contributed by atoms with E-state index in [0.29, 0.717) is 5.76 Å². The monoisotopic (exact) mass is 315 g/mol. The second-order valence-corrected chi connectivity index (χ2v) is 6.43. The van der Waals surface area contributed by atoms with Crippen LogP contribution in [0.4, 0.5) is 0 Å². The summed E-state index contributed by atoms with van der Waals surface area (Å²) < 4.78 is 7.38. The Labute approximate surface area is 134 Å². The number of fused-ring (bicyclic) bond motifs is 1. The Balaban J connectivity index is 1.63. The number of aromatic nitrogens is 4. The lowest BCUT2D eigenvalue weighted by Crippen LogP contribution is -2.32. The van der Waals surface area contributed by atoms with Crippen molar-refractivity contribution in [3.8, 4) is 0 Å². The van der Waals surface area contributed by atoms with E-state index >= 15 is 0 Å². The van der Waals surface area contributed by atoms with Crippen molar-refractivity contribution in [2.75, 3.05) is 6.54 Å². The molecule has 2 aliphatic rings. The summed E-state index contributed by atoms with van der Waals surface area (Å²) in [5.74, 6) is 2.21. The number of rotatable bonds is 2. The second kappa shape index (κ2) is 5.79. The predicted octanol–water partition coefficient (Wildman–Crippen LogP) is 2.28. The minimum atomic E-state index is -0.0981. The maximum absolute atomic E-state index is 12.7. The topological polar surface area (TPSA) is 77.0 Å². The zero-order valence-electron chi connectivity index (χ0n) is 13.4. The van der Waals surface area contributed by atoms with E-state index in [1.165, 1.54) is 12.8 Å². The molecule has 23 heavy (non-hydrogen) atoms. The largest absolute Gasteiger partial charge is 0.351 e. The number of likely N-dealkylation sites (tertiary alicyclic amines) is 1. The summed E-state index contributed by atoms with van der Waals surface area (Å²) in [5.41, 5.74) is 0.723. The highest BCUT2D eigenvalue weighted by molar-refractivity contribution is 5.91. The Hall–Kier alpha value is -2.18. The molecule has 7 heteroatoms. The highest BCUT2D eigenvalue weighted by atomic mass is 16.5. The number of amides is 1. The molecule has 0 unspecified atom stereocenters. The predicted molar refractivity (Wildman–Crippen MR) is 81.8 cm³/mol. The average Bonchev–Trinajstić information content (AvgIpc) is 3.23. The van der Waals surface area contributed by atoms with Crippen LogP contribution < -0.4 is 0 Å². The van der Waals surface area contributed by atoms with Gasteiger partial charge in [-0.1, -0.05) is 11.6 Å². The van der Waals surface area contributed by atoms with E-state index < -0.39 is 0 Å². The summed E-state index contributed by atoms with van der Waals surface area (Å²) in [6, 6.07) is 1.69. The standard InChI is InChI=1S/C16H21N5O2/c1-11-10-13(23-19-11)16(22)20-9-5-6-12(20)15-18-17-14-7-3-2-4-8-21(14)15/h10,12H,2-9H2,1H3/t12-/m1/s1. The molecule has 0 spiro atoms. The van der Waals surface area contributed by atoms with E-state index in [1.807, 2.05) is 11.8 Å². The first-order valence-electron chi connectivity index (χ1n) is 8.40. The molecule has 122 valence electrons. The summed E-state index contributed by atoms with van der Waals surface area (Å²) in [4.78, 5) is 14.6. The number of hydrogen-bond acceptors (Lipinski definition) is 5. The summed E-state index contributed by atoms with van der Waals surface area (Å²) >= 11 is 0. The Bertz CT molecular complexity index is 720. The van der Waals surface area contributed by atoms with Crippen molar-refractivity contribution < 1.29 is 9.32 Å². The van der Waals surface area contributed by atoms with Crippen molar-refractivity contribution >= 4 is 5.91 Å². The van der Waals surface area contributed by atoms with E-state index in [9.17, 15) is 4.79 Å². The molecule has 2 aliphatic heterocycles. The van der Waals surface area contributed by atoms with Crippen LogP contribution in [0.15, 0.2) is 10.6 Å². The van der Waals surface area contributed by atoms with Crippen molar-refractivity contribution in [2.24, 2.45) is 0 Å². The van der Waals surface area contributed by atoms with E-state index in [4.69, 9.17) is 4.52 Å². The summed E-state index contributed by atoms with van der Waals surface area (Å²) in [5, 5.41) is 12.6. The van der Waals surface area contributed by atoms with Gasteiger partial charge in [0.1, 0.15) is 5.82 Å². The zero-order valence-corrected chi connectivity index (χ0v) is 13.4. The molecule has 7 nitrogen and oxygen atoms in total. The molecular formula is C16H21N5O2. The third kappa shape index (κ3) is 2.54. The van der Waals surface area contributed by atoms with Gasteiger partial charge < -0.3 is 14.0 Å². The van der Waals surface area contributed by atoms with Crippen LogP contribution in [0.1, 0.15) is 66.0 Å². The van der Waals surface area contributed by atoms with E-state index in [2.05, 4.69) is 19.9 Å². The van der Waals surface area contributed by atoms with Gasteiger partial charge in [-0.15, -0.1) is 10.2 Å². The molecule has 1 saturated heterocycles. The van der Waals surface area contributed by atoms with Gasteiger partial charge in [-0.05, 0) is 32.6 Å². The van der Waals surface area contributed by atoms with Crippen molar-refractivity contribution in [1.29, 1.82) is 0 Å². The zero-order chi connectivity index (χ0) is 15.8. The van der Waals surface area contributed by atoms with Gasteiger partial charge in [0.2, 0.25) is 5.76 Å². The number of carbonyl (C=O) groups is 1. The molecule has 0 bridgehead atoms. The van der Waals surface area contributed by atoms with Crippen LogP contribution in [-0.2, 0) is 13.0 Å². The molecule has 1 amide bonds. The molecule has 1 fully saturated rings. The Morgan fingerprint density at radius 2 is 2.13 bits per heavy atom. The molecule has 2 aromatic heterocycles. The Kier molecular flexibility index (Phi) is 3.63. The fraction of sp³-hybridized carbons (Fsp3) is 0.625. The maximum atomic E-state index is 12.7. The number of aryl methyl sites for hydroxylation is 2. The van der Waals surface area contributed by atoms with E-state index in [-0.39, 0.29) is 11.9 Å². The van der Waals surface area contributed by atoms with Gasteiger partial charge >= 0.3 is 0 Å². The third-order valence-corrected chi connectivity index (χ3v) is 4.79. The summed E-state index contributed by atoms with van der Waals surface area (Å²) in [7, 11) is 0. The molecule has 0 radical (unpaired) electrons. The van der Waals surface area contributed by atoms with Crippen LogP contribution in [0.25, 0.3) is 0 Å². The minimum absolute atomic E-state index is 0.00717. The van der Waals surface area contributed by atoms with Crippen LogP contribution in [-0.4, -0.2) is 37.3 Å². The lowest BCUT2D eigenvalue weighted by molar-refractivity contribution is 0.0684. The van der Waals surface area contributed by atoms with Gasteiger partial charge in [-0.25, -0.2) is 0 Å². The van der Waals surface area contributed by atoms with Crippen LogP contribution in [0, 0.1) is 6.92 Å². The van der Waals surface area contributed by atoms with Crippen LogP contribution >= 0.6 is 0 Å². The van der Waals surface area contributed by atoms with Crippen molar-refractivity contribution in [2.45, 2.75) is 58.0 Å². The van der Waals surface area contributed by atoms with Gasteiger partial charge in [0.15, 0.2) is 5.82 Å². The summed E-state index contributed by atoms with van der Waals surface area (Å²) in [6.07, 6.45) is 6.44. The van der Waals surface area contributed by atoms with Crippen LogP contribution in [0.3, 0.4) is 0 Å². The molecule has 4 rings (SSSR count). The number of carbonyl (C=O) groups excluding carboxylic acids is 1. The first kappa shape index (κ1) is 14.4. The Morgan fingerprint density at radius 1 is 1.22 bits per heavy atom. The maximum Gasteiger partial charge on any atom is 0.293 e. The van der Waals surface area contributed by atoms with Gasteiger partial charge in [0.05, 0.1) is 11.7 Å². The third-order valence-electron chi connectivity index (χ3n) is 4.79. The minimum Gasteiger partial charge on any atom is -0.351 e. The SMILES string of the molecule is Cc1cc(C(=O)N2CCC[C@@H]2c2nnc3n2CCCCC3)on1. The van der Waals surface area contributed by atoms with E-state index in [1.54, 1.807) is 6.07 Å². The first-order valence-corrected chi connectivity index (χ1v) is 8.40. The second-order valence-electron chi connectivity index (χ2n) is 6.43. The molecule has 0 aromatic carbocycles.